The molecule has 0 unspecified atom stereocenters. The quantitative estimate of drug-likeness (QED) is 0.611. The Morgan fingerprint density at radius 2 is 1.96 bits per heavy atom. The molecule has 120 valence electrons. The Balaban J connectivity index is 1.85. The van der Waals surface area contributed by atoms with E-state index in [1.807, 2.05) is 54.6 Å². The van der Waals surface area contributed by atoms with Gasteiger partial charge in [-0.3, -0.25) is 0 Å². The lowest BCUT2D eigenvalue weighted by Crippen LogP contribution is -2.04. The predicted molar refractivity (Wildman–Crippen MR) is 98.1 cm³/mol. The minimum Gasteiger partial charge on any atom is -0.462 e. The van der Waals surface area contributed by atoms with Gasteiger partial charge in [-0.05, 0) is 48.9 Å². The van der Waals surface area contributed by atoms with Crippen LogP contribution in [0.15, 0.2) is 54.6 Å². The summed E-state index contributed by atoms with van der Waals surface area (Å²) in [6, 6.07) is 16.9. The van der Waals surface area contributed by atoms with E-state index in [1.54, 1.807) is 19.1 Å². The molecule has 0 saturated heterocycles. The SMILES string of the molecule is CCOC(=O)c1cccc(/C=C/c2ccc3ccc(Cl)cc3n2)c1. The zero-order valence-corrected chi connectivity index (χ0v) is 14.0. The molecule has 1 heterocycles. The largest absolute Gasteiger partial charge is 0.462 e. The van der Waals surface area contributed by atoms with Crippen molar-refractivity contribution in [3.8, 4) is 0 Å². The van der Waals surface area contributed by atoms with Crippen molar-refractivity contribution in [3.05, 3.63) is 76.4 Å². The fraction of sp³-hybridized carbons (Fsp3) is 0.100. The number of halogens is 1. The van der Waals surface area contributed by atoms with Crippen molar-refractivity contribution in [1.29, 1.82) is 0 Å². The number of fused-ring (bicyclic) bond motifs is 1. The van der Waals surface area contributed by atoms with E-state index < -0.39 is 0 Å². The average Bonchev–Trinajstić information content (AvgIpc) is 2.60. The minimum absolute atomic E-state index is 0.314. The van der Waals surface area contributed by atoms with Gasteiger partial charge in [0.1, 0.15) is 0 Å². The molecule has 3 nitrogen and oxygen atoms in total. The number of hydrogen-bond acceptors (Lipinski definition) is 3. The topological polar surface area (TPSA) is 39.2 Å². The fourth-order valence-electron chi connectivity index (χ4n) is 2.36. The number of hydrogen-bond donors (Lipinski definition) is 0. The molecular formula is C20H16ClNO2. The Morgan fingerprint density at radius 3 is 2.79 bits per heavy atom. The lowest BCUT2D eigenvalue weighted by molar-refractivity contribution is 0.0526. The number of carbonyl (C=O) groups excluding carboxylic acids is 1. The molecule has 0 aliphatic carbocycles. The molecule has 4 heteroatoms. The van der Waals surface area contributed by atoms with Crippen molar-refractivity contribution in [2.45, 2.75) is 6.92 Å². The van der Waals surface area contributed by atoms with Crippen molar-refractivity contribution in [2.75, 3.05) is 6.61 Å². The molecule has 0 saturated carbocycles. The standard InChI is InChI=1S/C20H16ClNO2/c1-2-24-20(23)16-5-3-4-14(12-16)6-10-18-11-8-15-7-9-17(21)13-19(15)22-18/h3-13H,2H2,1H3/b10-6+. The van der Waals surface area contributed by atoms with Gasteiger partial charge in [0.05, 0.1) is 23.4 Å². The van der Waals surface area contributed by atoms with Crippen molar-refractivity contribution < 1.29 is 9.53 Å². The molecule has 0 atom stereocenters. The highest BCUT2D eigenvalue weighted by molar-refractivity contribution is 6.31. The summed E-state index contributed by atoms with van der Waals surface area (Å²) in [6.07, 6.45) is 3.83. The van der Waals surface area contributed by atoms with Gasteiger partial charge in [-0.25, -0.2) is 9.78 Å². The van der Waals surface area contributed by atoms with Crippen molar-refractivity contribution in [2.24, 2.45) is 0 Å². The van der Waals surface area contributed by atoms with Gasteiger partial charge >= 0.3 is 5.97 Å². The molecule has 0 N–H and O–H groups in total. The van der Waals surface area contributed by atoms with Crippen LogP contribution in [-0.2, 0) is 4.74 Å². The molecule has 1 aromatic heterocycles. The second kappa shape index (κ2) is 7.28. The van der Waals surface area contributed by atoms with Gasteiger partial charge in [0, 0.05) is 10.4 Å². The van der Waals surface area contributed by atoms with E-state index >= 15 is 0 Å². The highest BCUT2D eigenvalue weighted by Gasteiger charge is 2.05. The summed E-state index contributed by atoms with van der Waals surface area (Å²) < 4.78 is 5.02. The highest BCUT2D eigenvalue weighted by atomic mass is 35.5. The Kier molecular flexibility index (Phi) is 4.92. The minimum atomic E-state index is -0.314. The number of benzene rings is 2. The molecule has 0 amide bonds. The Bertz CT molecular complexity index is 918. The normalized spacial score (nSPS) is 11.1. The van der Waals surface area contributed by atoms with E-state index in [0.29, 0.717) is 17.2 Å². The number of rotatable bonds is 4. The van der Waals surface area contributed by atoms with Gasteiger partial charge in [-0.15, -0.1) is 0 Å². The number of pyridine rings is 1. The molecule has 0 fully saturated rings. The van der Waals surface area contributed by atoms with Gasteiger partial charge < -0.3 is 4.74 Å². The number of carbonyl (C=O) groups is 1. The summed E-state index contributed by atoms with van der Waals surface area (Å²) in [7, 11) is 0. The molecule has 24 heavy (non-hydrogen) atoms. The molecular weight excluding hydrogens is 322 g/mol. The molecule has 0 bridgehead atoms. The van der Waals surface area contributed by atoms with Crippen LogP contribution in [0.2, 0.25) is 5.02 Å². The van der Waals surface area contributed by atoms with Crippen LogP contribution in [0, 0.1) is 0 Å². The number of nitrogens with zero attached hydrogens (tertiary/aromatic N) is 1. The van der Waals surface area contributed by atoms with Crippen LogP contribution < -0.4 is 0 Å². The van der Waals surface area contributed by atoms with Crippen LogP contribution in [0.5, 0.6) is 0 Å². The van der Waals surface area contributed by atoms with E-state index in [1.165, 1.54) is 0 Å². The molecule has 0 radical (unpaired) electrons. The third kappa shape index (κ3) is 3.81. The average molecular weight is 338 g/mol. The summed E-state index contributed by atoms with van der Waals surface area (Å²) >= 11 is 6.01. The predicted octanol–water partition coefficient (Wildman–Crippen LogP) is 5.24. The van der Waals surface area contributed by atoms with Crippen LogP contribution >= 0.6 is 11.6 Å². The first-order chi connectivity index (χ1) is 11.7. The summed E-state index contributed by atoms with van der Waals surface area (Å²) in [5.41, 5.74) is 3.13. The van der Waals surface area contributed by atoms with Crippen LogP contribution in [0.4, 0.5) is 0 Å². The van der Waals surface area contributed by atoms with E-state index in [2.05, 4.69) is 4.98 Å². The summed E-state index contributed by atoms with van der Waals surface area (Å²) in [5.74, 6) is -0.314. The van der Waals surface area contributed by atoms with E-state index in [0.717, 1.165) is 22.2 Å². The Labute approximate surface area is 145 Å². The Morgan fingerprint density at radius 1 is 1.12 bits per heavy atom. The third-order valence-corrected chi connectivity index (χ3v) is 3.76. The van der Waals surface area contributed by atoms with Crippen molar-refractivity contribution >= 4 is 40.6 Å². The van der Waals surface area contributed by atoms with Crippen molar-refractivity contribution in [1.82, 2.24) is 4.98 Å². The van der Waals surface area contributed by atoms with Gasteiger partial charge in [-0.1, -0.05) is 41.9 Å². The maximum atomic E-state index is 11.8. The van der Waals surface area contributed by atoms with E-state index in [9.17, 15) is 4.79 Å². The first-order valence-corrected chi connectivity index (χ1v) is 8.05. The number of esters is 1. The molecule has 0 aliphatic heterocycles. The number of aromatic nitrogens is 1. The maximum absolute atomic E-state index is 11.8. The molecule has 0 aliphatic rings. The molecule has 3 aromatic rings. The highest BCUT2D eigenvalue weighted by Crippen LogP contribution is 2.19. The second-order valence-electron chi connectivity index (χ2n) is 5.25. The Hall–Kier alpha value is -2.65. The number of ether oxygens (including phenoxy) is 1. The monoisotopic (exact) mass is 337 g/mol. The second-order valence-corrected chi connectivity index (χ2v) is 5.69. The van der Waals surface area contributed by atoms with Gasteiger partial charge in [0.25, 0.3) is 0 Å². The first kappa shape index (κ1) is 16.2. The van der Waals surface area contributed by atoms with Crippen LogP contribution in [0.3, 0.4) is 0 Å². The molecule has 2 aromatic carbocycles. The summed E-state index contributed by atoms with van der Waals surface area (Å²) in [4.78, 5) is 16.4. The van der Waals surface area contributed by atoms with Gasteiger partial charge in [-0.2, -0.15) is 0 Å². The van der Waals surface area contributed by atoms with Crippen LogP contribution in [-0.4, -0.2) is 17.6 Å². The molecule has 3 rings (SSSR count). The van der Waals surface area contributed by atoms with Crippen molar-refractivity contribution in [3.63, 3.8) is 0 Å². The summed E-state index contributed by atoms with van der Waals surface area (Å²) in [6.45, 7) is 2.15. The maximum Gasteiger partial charge on any atom is 0.338 e. The lowest BCUT2D eigenvalue weighted by atomic mass is 10.1. The zero-order valence-electron chi connectivity index (χ0n) is 13.2. The van der Waals surface area contributed by atoms with E-state index in [4.69, 9.17) is 16.3 Å². The van der Waals surface area contributed by atoms with Crippen LogP contribution in [0.1, 0.15) is 28.5 Å². The summed E-state index contributed by atoms with van der Waals surface area (Å²) in [5, 5.41) is 1.71. The van der Waals surface area contributed by atoms with Gasteiger partial charge in [0.2, 0.25) is 0 Å². The molecule has 0 spiro atoms. The zero-order chi connectivity index (χ0) is 16.9. The smallest absolute Gasteiger partial charge is 0.338 e. The lowest BCUT2D eigenvalue weighted by Gasteiger charge is -2.03. The van der Waals surface area contributed by atoms with E-state index in [-0.39, 0.29) is 5.97 Å². The fourth-order valence-corrected chi connectivity index (χ4v) is 2.53. The first-order valence-electron chi connectivity index (χ1n) is 7.67. The third-order valence-electron chi connectivity index (χ3n) is 3.52. The van der Waals surface area contributed by atoms with Gasteiger partial charge in [0.15, 0.2) is 0 Å². The van der Waals surface area contributed by atoms with Crippen LogP contribution in [0.25, 0.3) is 23.1 Å².